The fourth-order valence-electron chi connectivity index (χ4n) is 13.1. The number of aliphatic hydroxyl groups excluding tert-OH is 9. The molecule has 4 saturated heterocycles. The normalized spacial score (nSPS) is 55.1. The molecular formula is C45H72O17. The first kappa shape index (κ1) is 47.3. The molecule has 0 aromatic rings. The number of hydrogen-bond donors (Lipinski definition) is 9. The second-order valence-corrected chi connectivity index (χ2v) is 20.7. The number of fused-ring (bicyclic) bond motifs is 5. The first-order valence-electron chi connectivity index (χ1n) is 23.2. The van der Waals surface area contributed by atoms with Crippen LogP contribution >= 0.6 is 0 Å². The molecule has 0 radical (unpaired) electrons. The molecular weight excluding hydrogens is 812 g/mol. The molecule has 4 aliphatic heterocycles. The third-order valence-electron chi connectivity index (χ3n) is 17.2. The van der Waals surface area contributed by atoms with Crippen LogP contribution in [0.2, 0.25) is 0 Å². The average molecular weight is 885 g/mol. The minimum Gasteiger partial charge on any atom is -0.394 e. The number of hydrogen-bond acceptors (Lipinski definition) is 17. The zero-order chi connectivity index (χ0) is 44.7. The van der Waals surface area contributed by atoms with Gasteiger partial charge in [-0.3, -0.25) is 4.79 Å². The van der Waals surface area contributed by atoms with Crippen molar-refractivity contribution in [1.82, 2.24) is 0 Å². The van der Waals surface area contributed by atoms with Crippen molar-refractivity contribution in [2.24, 2.45) is 46.3 Å². The number of ketones is 1. The van der Waals surface area contributed by atoms with Crippen molar-refractivity contribution in [3.8, 4) is 0 Å². The van der Waals surface area contributed by atoms with Gasteiger partial charge in [-0.15, -0.1) is 0 Å². The van der Waals surface area contributed by atoms with E-state index >= 15 is 0 Å². The molecule has 0 amide bonds. The van der Waals surface area contributed by atoms with Crippen LogP contribution in [-0.2, 0) is 38.0 Å². The Morgan fingerprint density at radius 1 is 0.629 bits per heavy atom. The van der Waals surface area contributed by atoms with Gasteiger partial charge >= 0.3 is 0 Å². The first-order valence-corrected chi connectivity index (χ1v) is 23.2. The molecule has 3 saturated carbocycles. The van der Waals surface area contributed by atoms with Gasteiger partial charge in [0.1, 0.15) is 61.0 Å². The minimum atomic E-state index is -1.68. The van der Waals surface area contributed by atoms with Crippen molar-refractivity contribution >= 4 is 5.78 Å². The molecule has 7 fully saturated rings. The molecule has 17 nitrogen and oxygen atoms in total. The Balaban J connectivity index is 0.936. The Morgan fingerprint density at radius 2 is 1.24 bits per heavy atom. The van der Waals surface area contributed by atoms with Gasteiger partial charge in [-0.1, -0.05) is 33.3 Å². The molecule has 62 heavy (non-hydrogen) atoms. The van der Waals surface area contributed by atoms with Crippen molar-refractivity contribution < 1.29 is 83.9 Å². The van der Waals surface area contributed by atoms with Gasteiger partial charge in [-0.05, 0) is 112 Å². The van der Waals surface area contributed by atoms with E-state index in [1.807, 2.05) is 13.0 Å². The summed E-state index contributed by atoms with van der Waals surface area (Å²) in [5.74, 6) is 0.751. The van der Waals surface area contributed by atoms with Gasteiger partial charge in [0.15, 0.2) is 30.9 Å². The van der Waals surface area contributed by atoms with Gasteiger partial charge in [0.2, 0.25) is 0 Å². The third-order valence-corrected chi connectivity index (χ3v) is 17.2. The standard InChI is InChI=1S/C45H72O17/c1-18-7-10-29(59-40(18)62-42-38(55)35(52)32(49)21(4)57-42)19(2)24-8-9-25-23-16-28(47)27-15-22(11-13-45(27,6)26(23)12-14-44(24,25)5)58-43-39(36(53)33(50)30(17-46)60-43)61-41-37(54)34(51)31(48)20(3)56-41/h16,18-22,24-27,29-43,46,48-55H,7-15,17H2,1-6H3. The first-order chi connectivity index (χ1) is 29.3. The Hall–Kier alpha value is -1.23. The molecule has 26 unspecified atom stereocenters. The maximum absolute atomic E-state index is 14.4. The lowest BCUT2D eigenvalue weighted by Gasteiger charge is -2.57. The molecule has 17 heteroatoms. The van der Waals surface area contributed by atoms with Crippen LogP contribution in [0, 0.1) is 46.3 Å². The lowest BCUT2D eigenvalue weighted by atomic mass is 9.47. The molecule has 9 N–H and O–H groups in total. The van der Waals surface area contributed by atoms with Crippen LogP contribution < -0.4 is 0 Å². The van der Waals surface area contributed by atoms with Crippen LogP contribution in [0.3, 0.4) is 0 Å². The van der Waals surface area contributed by atoms with E-state index in [2.05, 4.69) is 20.8 Å². The highest BCUT2D eigenvalue weighted by Gasteiger charge is 2.61. The van der Waals surface area contributed by atoms with E-state index in [-0.39, 0.29) is 52.3 Å². The number of rotatable bonds is 9. The number of allylic oxidation sites excluding steroid dienone is 2. The largest absolute Gasteiger partial charge is 0.394 e. The molecule has 8 rings (SSSR count). The lowest BCUT2D eigenvalue weighted by Crippen LogP contribution is -2.64. The fraction of sp³-hybridized carbons (Fsp3) is 0.933. The van der Waals surface area contributed by atoms with Gasteiger partial charge in [-0.25, -0.2) is 0 Å². The van der Waals surface area contributed by atoms with E-state index in [0.717, 1.165) is 38.5 Å². The van der Waals surface area contributed by atoms with Gasteiger partial charge in [-0.2, -0.15) is 0 Å². The van der Waals surface area contributed by atoms with E-state index in [9.17, 15) is 50.8 Å². The summed E-state index contributed by atoms with van der Waals surface area (Å²) < 4.78 is 42.6. The summed E-state index contributed by atoms with van der Waals surface area (Å²) in [5.41, 5.74) is 0.899. The Labute approximate surface area is 363 Å². The summed E-state index contributed by atoms with van der Waals surface area (Å²) in [6.45, 7) is 11.4. The fourth-order valence-corrected chi connectivity index (χ4v) is 13.1. The van der Waals surface area contributed by atoms with Crippen LogP contribution in [0.5, 0.6) is 0 Å². The highest BCUT2D eigenvalue weighted by atomic mass is 16.8. The molecule has 354 valence electrons. The van der Waals surface area contributed by atoms with E-state index in [1.54, 1.807) is 6.92 Å². The van der Waals surface area contributed by atoms with Gasteiger partial charge < -0.3 is 79.1 Å². The quantitative estimate of drug-likeness (QED) is 0.152. The van der Waals surface area contributed by atoms with Crippen molar-refractivity contribution in [2.45, 2.75) is 210 Å². The Kier molecular flexibility index (Phi) is 13.8. The molecule has 4 heterocycles. The lowest BCUT2D eigenvalue weighted by molar-refractivity contribution is -0.370. The average Bonchev–Trinajstić information content (AvgIpc) is 3.60. The smallest absolute Gasteiger partial charge is 0.189 e. The number of carbonyl (C=O) groups excluding carboxylic acids is 1. The molecule has 4 aliphatic carbocycles. The predicted octanol–water partition coefficient (Wildman–Crippen LogP) is 0.403. The van der Waals surface area contributed by atoms with Crippen molar-refractivity contribution in [2.75, 3.05) is 6.61 Å². The number of carbonyl (C=O) groups is 1. The van der Waals surface area contributed by atoms with E-state index in [1.165, 1.54) is 12.5 Å². The van der Waals surface area contributed by atoms with E-state index in [0.29, 0.717) is 25.2 Å². The maximum Gasteiger partial charge on any atom is 0.189 e. The summed E-state index contributed by atoms with van der Waals surface area (Å²) in [7, 11) is 0. The highest BCUT2D eigenvalue weighted by Crippen LogP contribution is 2.67. The van der Waals surface area contributed by atoms with Crippen molar-refractivity contribution in [1.29, 1.82) is 0 Å². The third kappa shape index (κ3) is 8.19. The van der Waals surface area contributed by atoms with Crippen LogP contribution in [0.4, 0.5) is 0 Å². The van der Waals surface area contributed by atoms with Gasteiger partial charge in [0.25, 0.3) is 0 Å². The maximum atomic E-state index is 14.4. The molecule has 0 aromatic heterocycles. The predicted molar refractivity (Wildman–Crippen MR) is 215 cm³/mol. The molecule has 0 aromatic carbocycles. The summed E-state index contributed by atoms with van der Waals surface area (Å²) in [4.78, 5) is 14.4. The molecule has 0 bridgehead atoms. The number of ether oxygens (including phenoxy) is 7. The van der Waals surface area contributed by atoms with Crippen molar-refractivity contribution in [3.63, 3.8) is 0 Å². The summed E-state index contributed by atoms with van der Waals surface area (Å²) in [5, 5.41) is 94.4. The zero-order valence-corrected chi connectivity index (χ0v) is 36.8. The summed E-state index contributed by atoms with van der Waals surface area (Å²) >= 11 is 0. The van der Waals surface area contributed by atoms with Gasteiger partial charge in [0.05, 0.1) is 31.0 Å². The van der Waals surface area contributed by atoms with Crippen LogP contribution in [0.1, 0.15) is 99.3 Å². The number of aliphatic hydroxyl groups is 9. The van der Waals surface area contributed by atoms with Gasteiger partial charge in [0, 0.05) is 11.8 Å². The van der Waals surface area contributed by atoms with E-state index in [4.69, 9.17) is 33.2 Å². The minimum absolute atomic E-state index is 0.0327. The van der Waals surface area contributed by atoms with Crippen LogP contribution in [-0.4, -0.2) is 169 Å². The van der Waals surface area contributed by atoms with E-state index < -0.39 is 111 Å². The monoisotopic (exact) mass is 884 g/mol. The second kappa shape index (κ2) is 18.1. The topological polar surface area (TPSA) is 264 Å². The summed E-state index contributed by atoms with van der Waals surface area (Å²) in [6.07, 6.45) is -12.1. The molecule has 26 atom stereocenters. The molecule has 0 spiro atoms. The van der Waals surface area contributed by atoms with Crippen LogP contribution in [0.25, 0.3) is 0 Å². The summed E-state index contributed by atoms with van der Waals surface area (Å²) in [6, 6.07) is 0. The highest BCUT2D eigenvalue weighted by molar-refractivity contribution is 5.94. The molecule has 8 aliphatic rings. The van der Waals surface area contributed by atoms with Crippen LogP contribution in [0.15, 0.2) is 11.6 Å². The van der Waals surface area contributed by atoms with Crippen molar-refractivity contribution in [3.05, 3.63) is 11.6 Å². The SMILES string of the molecule is CC1CCC(C(C)C2CCC3C4=CC(=O)C5CC(OC6OC(CO)C(O)C(O)C6OC6OC(C)C(O)C(O)C6O)CCC5(C)C4CCC32C)OC1OC1OC(C)C(O)C(O)C1O. The second-order valence-electron chi connectivity index (χ2n) is 20.7. The zero-order valence-electron chi connectivity index (χ0n) is 36.8. The Morgan fingerprint density at radius 3 is 1.89 bits per heavy atom. The Bertz CT molecular complexity index is 1620.